The molecule has 0 aromatic heterocycles. The molecule has 21 heavy (non-hydrogen) atoms. The zero-order valence-electron chi connectivity index (χ0n) is 12.1. The Morgan fingerprint density at radius 2 is 2.05 bits per heavy atom. The van der Waals surface area contributed by atoms with Gasteiger partial charge in [-0.15, -0.1) is 0 Å². The number of rotatable bonds is 7. The van der Waals surface area contributed by atoms with E-state index in [2.05, 4.69) is 4.90 Å². The third-order valence-corrected chi connectivity index (χ3v) is 3.89. The Morgan fingerprint density at radius 1 is 1.29 bits per heavy atom. The lowest BCUT2D eigenvalue weighted by Crippen LogP contribution is -2.42. The van der Waals surface area contributed by atoms with Crippen molar-refractivity contribution in [2.24, 2.45) is 0 Å². The highest BCUT2D eigenvalue weighted by Gasteiger charge is 2.14. The number of nitrogens with zero attached hydrogens (tertiary/aromatic N) is 2. The molecule has 0 radical (unpaired) electrons. The number of ether oxygens (including phenoxy) is 1. The molecule has 1 N–H and O–H groups in total. The molecule has 1 saturated heterocycles. The molecule has 1 aromatic carbocycles. The molecule has 2 rings (SSSR count). The van der Waals surface area contributed by atoms with Gasteiger partial charge in [0, 0.05) is 49.9 Å². The minimum Gasteiger partial charge on any atom is -0.395 e. The summed E-state index contributed by atoms with van der Waals surface area (Å²) in [6.45, 7) is 6.11. The van der Waals surface area contributed by atoms with Crippen LogP contribution in [0.5, 0.6) is 0 Å². The molecule has 1 fully saturated rings. The monoisotopic (exact) mass is 316 g/mol. The largest absolute Gasteiger partial charge is 0.395 e. The second kappa shape index (κ2) is 8.66. The van der Waals surface area contributed by atoms with Crippen molar-refractivity contribution in [2.45, 2.75) is 6.54 Å². The van der Waals surface area contributed by atoms with Crippen LogP contribution >= 0.6 is 11.6 Å². The predicted molar refractivity (Wildman–Crippen MR) is 81.0 cm³/mol. The van der Waals surface area contributed by atoms with Crippen LogP contribution in [0.15, 0.2) is 18.2 Å². The Morgan fingerprint density at radius 3 is 2.76 bits per heavy atom. The van der Waals surface area contributed by atoms with Gasteiger partial charge in [-0.25, -0.2) is 4.39 Å². The zero-order chi connectivity index (χ0) is 15.1. The molecule has 0 atom stereocenters. The van der Waals surface area contributed by atoms with E-state index < -0.39 is 0 Å². The minimum absolute atomic E-state index is 0.0608. The van der Waals surface area contributed by atoms with E-state index in [1.165, 1.54) is 6.07 Å². The maximum atomic E-state index is 13.8. The SMILES string of the molecule is OCCN(CCN1CCOCC1)Cc1cc(Cl)ccc1F. The summed E-state index contributed by atoms with van der Waals surface area (Å²) < 4.78 is 19.1. The van der Waals surface area contributed by atoms with Gasteiger partial charge >= 0.3 is 0 Å². The van der Waals surface area contributed by atoms with Gasteiger partial charge in [0.15, 0.2) is 0 Å². The summed E-state index contributed by atoms with van der Waals surface area (Å²) in [4.78, 5) is 4.37. The van der Waals surface area contributed by atoms with E-state index in [9.17, 15) is 9.50 Å². The summed E-state index contributed by atoms with van der Waals surface area (Å²) in [6, 6.07) is 4.58. The Labute approximate surface area is 130 Å². The van der Waals surface area contributed by atoms with E-state index in [1.54, 1.807) is 12.1 Å². The van der Waals surface area contributed by atoms with Crippen LogP contribution in [0.4, 0.5) is 4.39 Å². The van der Waals surface area contributed by atoms with Gasteiger partial charge in [0.2, 0.25) is 0 Å². The molecule has 0 saturated carbocycles. The van der Waals surface area contributed by atoms with Crippen LogP contribution in [-0.2, 0) is 11.3 Å². The quantitative estimate of drug-likeness (QED) is 0.829. The van der Waals surface area contributed by atoms with Crippen molar-refractivity contribution in [3.63, 3.8) is 0 Å². The lowest BCUT2D eigenvalue weighted by atomic mass is 10.2. The van der Waals surface area contributed by atoms with E-state index in [1.807, 2.05) is 4.90 Å². The normalized spacial score (nSPS) is 16.6. The summed E-state index contributed by atoms with van der Waals surface area (Å²) in [5.74, 6) is -0.256. The molecule has 0 amide bonds. The standard InChI is InChI=1S/C15H22ClFN2O2/c16-14-1-2-15(17)13(11-14)12-19(5-8-20)4-3-18-6-9-21-10-7-18/h1-2,11,20H,3-10,12H2. The van der Waals surface area contributed by atoms with Gasteiger partial charge in [-0.2, -0.15) is 0 Å². The molecule has 1 heterocycles. The van der Waals surface area contributed by atoms with Gasteiger partial charge < -0.3 is 9.84 Å². The molecule has 6 heteroatoms. The third kappa shape index (κ3) is 5.52. The van der Waals surface area contributed by atoms with Crippen molar-refractivity contribution in [3.05, 3.63) is 34.6 Å². The molecular formula is C15H22ClFN2O2. The van der Waals surface area contributed by atoms with E-state index in [0.29, 0.717) is 23.7 Å². The molecule has 0 spiro atoms. The van der Waals surface area contributed by atoms with Crippen LogP contribution in [-0.4, -0.2) is 67.5 Å². The first kappa shape index (κ1) is 16.6. The van der Waals surface area contributed by atoms with Crippen molar-refractivity contribution in [2.75, 3.05) is 52.5 Å². The number of aliphatic hydroxyl groups is 1. The van der Waals surface area contributed by atoms with E-state index in [4.69, 9.17) is 16.3 Å². The van der Waals surface area contributed by atoms with E-state index >= 15 is 0 Å². The summed E-state index contributed by atoms with van der Waals surface area (Å²) in [5.41, 5.74) is 0.568. The van der Waals surface area contributed by atoms with Crippen LogP contribution in [0, 0.1) is 5.82 Å². The third-order valence-electron chi connectivity index (χ3n) is 3.65. The van der Waals surface area contributed by atoms with Crippen molar-refractivity contribution in [3.8, 4) is 0 Å². The average Bonchev–Trinajstić information content (AvgIpc) is 2.50. The fraction of sp³-hybridized carbons (Fsp3) is 0.600. The molecule has 118 valence electrons. The van der Waals surface area contributed by atoms with Gasteiger partial charge in [0.05, 0.1) is 19.8 Å². The van der Waals surface area contributed by atoms with Crippen LogP contribution in [0.2, 0.25) is 5.02 Å². The fourth-order valence-corrected chi connectivity index (χ4v) is 2.62. The predicted octanol–water partition coefficient (Wildman–Crippen LogP) is 1.61. The Hall–Kier alpha value is -0.720. The van der Waals surface area contributed by atoms with Gasteiger partial charge in [0.1, 0.15) is 5.82 Å². The van der Waals surface area contributed by atoms with Crippen molar-refractivity contribution in [1.82, 2.24) is 9.80 Å². The number of aliphatic hydroxyl groups excluding tert-OH is 1. The van der Waals surface area contributed by atoms with Gasteiger partial charge in [0.25, 0.3) is 0 Å². The average molecular weight is 317 g/mol. The van der Waals surface area contributed by atoms with Crippen LogP contribution in [0.3, 0.4) is 0 Å². The van der Waals surface area contributed by atoms with E-state index in [0.717, 1.165) is 39.4 Å². The first-order chi connectivity index (χ1) is 10.2. The second-order valence-electron chi connectivity index (χ2n) is 5.19. The molecule has 0 bridgehead atoms. The second-order valence-corrected chi connectivity index (χ2v) is 5.63. The molecule has 0 unspecified atom stereocenters. The van der Waals surface area contributed by atoms with Crippen molar-refractivity contribution in [1.29, 1.82) is 0 Å². The Balaban J connectivity index is 1.89. The molecule has 1 aromatic rings. The van der Waals surface area contributed by atoms with Gasteiger partial charge in [-0.1, -0.05) is 11.6 Å². The number of benzene rings is 1. The molecule has 1 aliphatic heterocycles. The fourth-order valence-electron chi connectivity index (χ4n) is 2.42. The zero-order valence-corrected chi connectivity index (χ0v) is 12.9. The number of halogens is 2. The van der Waals surface area contributed by atoms with Crippen molar-refractivity contribution >= 4 is 11.6 Å². The van der Waals surface area contributed by atoms with Crippen LogP contribution in [0.1, 0.15) is 5.56 Å². The highest BCUT2D eigenvalue weighted by Crippen LogP contribution is 2.16. The highest BCUT2D eigenvalue weighted by atomic mass is 35.5. The molecule has 1 aliphatic rings. The van der Waals surface area contributed by atoms with Crippen LogP contribution < -0.4 is 0 Å². The van der Waals surface area contributed by atoms with E-state index in [-0.39, 0.29) is 12.4 Å². The first-order valence-corrected chi connectivity index (χ1v) is 7.64. The minimum atomic E-state index is -0.256. The van der Waals surface area contributed by atoms with Gasteiger partial charge in [-0.3, -0.25) is 9.80 Å². The van der Waals surface area contributed by atoms with Gasteiger partial charge in [-0.05, 0) is 18.2 Å². The summed E-state index contributed by atoms with van der Waals surface area (Å²) >= 11 is 5.92. The number of morpholine rings is 1. The summed E-state index contributed by atoms with van der Waals surface area (Å²) in [5, 5.41) is 9.71. The molecule has 4 nitrogen and oxygen atoms in total. The number of hydrogen-bond acceptors (Lipinski definition) is 4. The molecule has 0 aliphatic carbocycles. The Bertz CT molecular complexity index is 442. The maximum absolute atomic E-state index is 13.8. The maximum Gasteiger partial charge on any atom is 0.127 e. The summed E-state index contributed by atoms with van der Waals surface area (Å²) in [6.07, 6.45) is 0. The summed E-state index contributed by atoms with van der Waals surface area (Å²) in [7, 11) is 0. The van der Waals surface area contributed by atoms with Crippen LogP contribution in [0.25, 0.3) is 0 Å². The lowest BCUT2D eigenvalue weighted by molar-refractivity contribution is 0.0319. The topological polar surface area (TPSA) is 35.9 Å². The lowest BCUT2D eigenvalue weighted by Gasteiger charge is -2.30. The number of hydrogen-bond donors (Lipinski definition) is 1. The first-order valence-electron chi connectivity index (χ1n) is 7.26. The molecular weight excluding hydrogens is 295 g/mol. The van der Waals surface area contributed by atoms with Crippen molar-refractivity contribution < 1.29 is 14.2 Å². The Kier molecular flexibility index (Phi) is 6.86. The highest BCUT2D eigenvalue weighted by molar-refractivity contribution is 6.30. The smallest absolute Gasteiger partial charge is 0.127 e.